The molecule has 2 aliphatic heterocycles. The van der Waals surface area contributed by atoms with E-state index in [0.29, 0.717) is 57.2 Å². The van der Waals surface area contributed by atoms with Crippen molar-refractivity contribution in [3.8, 4) is 22.3 Å². The number of nitrogens with zero attached hydrogens (tertiary/aromatic N) is 10. The maximum atomic E-state index is 12.8. The van der Waals surface area contributed by atoms with Crippen LogP contribution in [0.1, 0.15) is 49.2 Å². The van der Waals surface area contributed by atoms with E-state index in [1.54, 1.807) is 32.3 Å². The van der Waals surface area contributed by atoms with E-state index in [9.17, 15) is 27.6 Å². The number of alkyl halides is 3. The minimum absolute atomic E-state index is 0.0392. The molecule has 0 unspecified atom stereocenters. The molecule has 19 heteroatoms. The van der Waals surface area contributed by atoms with Crippen molar-refractivity contribution in [2.45, 2.75) is 71.9 Å². The zero-order valence-electron chi connectivity index (χ0n) is 34.4. The van der Waals surface area contributed by atoms with Gasteiger partial charge < -0.3 is 26.2 Å². The molecule has 0 aliphatic carbocycles. The van der Waals surface area contributed by atoms with Crippen LogP contribution < -0.4 is 16.4 Å². The molecular weight excluding hydrogens is 792 g/mol. The lowest BCUT2D eigenvalue weighted by atomic mass is 10.1. The zero-order valence-corrected chi connectivity index (χ0v) is 34.4. The second kappa shape index (κ2) is 17.7. The smallest absolute Gasteiger partial charge is 0.370 e. The first-order chi connectivity index (χ1) is 29.1. The maximum absolute atomic E-state index is 12.8. The van der Waals surface area contributed by atoms with Crippen LogP contribution in [0.25, 0.3) is 22.3 Å². The second-order valence-electron chi connectivity index (χ2n) is 15.2. The molecule has 6 heterocycles. The number of hydrogen-bond donors (Lipinski definition) is 3. The molecule has 0 bridgehead atoms. The lowest BCUT2D eigenvalue weighted by Gasteiger charge is -2.26. The summed E-state index contributed by atoms with van der Waals surface area (Å²) >= 11 is 0. The van der Waals surface area contributed by atoms with Gasteiger partial charge in [-0.2, -0.15) is 33.6 Å². The van der Waals surface area contributed by atoms with Crippen LogP contribution in [0.3, 0.4) is 0 Å². The first kappa shape index (κ1) is 42.2. The van der Waals surface area contributed by atoms with Crippen molar-refractivity contribution in [1.29, 1.82) is 0 Å². The van der Waals surface area contributed by atoms with E-state index in [0.717, 1.165) is 56.1 Å². The molecule has 6 aromatic rings. The average molecular weight is 840 g/mol. The van der Waals surface area contributed by atoms with Gasteiger partial charge in [0.15, 0.2) is 11.6 Å². The molecule has 320 valence electrons. The first-order valence-electron chi connectivity index (χ1n) is 19.9. The lowest BCUT2D eigenvalue weighted by molar-refractivity contribution is -0.137. The molecule has 0 spiro atoms. The lowest BCUT2D eigenvalue weighted by Crippen LogP contribution is -2.34. The number of anilines is 4. The fraction of sp³-hybridized carbons (Fsp3) is 0.357. The number of benzene rings is 2. The standard InChI is InChI=1S/C21H23F3N6O.C21H25N7O2/c1-14(31)29-9-7-19-18(13-29)20(27-30(19)10-8-21(22,23)24)26-17-5-3-15(4-6-17)16-11-25-28(2)12-16;1-14(29)27-9-7-19-18(13-27)21(25-28(19)10-8-20(22)30)24-17-5-3-15(4-6-17)16-11-23-26(2)12-16/h3-6,11-12H,7-10,13H2,1-2H3,(H,26,27);3-6,11-12H,7-10,13H2,1-2H3,(H2,22,30)(H,24,25). The van der Waals surface area contributed by atoms with E-state index >= 15 is 0 Å². The fourth-order valence-corrected chi connectivity index (χ4v) is 7.44. The van der Waals surface area contributed by atoms with Gasteiger partial charge in [0.1, 0.15) is 0 Å². The Hall–Kier alpha value is -6.92. The summed E-state index contributed by atoms with van der Waals surface area (Å²) in [5, 5.41) is 24.1. The minimum atomic E-state index is -4.26. The van der Waals surface area contributed by atoms with Crippen LogP contribution in [0.5, 0.6) is 0 Å². The number of primary amides is 1. The van der Waals surface area contributed by atoms with Gasteiger partial charge in [-0.05, 0) is 35.4 Å². The van der Waals surface area contributed by atoms with Crippen LogP contribution >= 0.6 is 0 Å². The topological polar surface area (TPSA) is 179 Å². The Balaban J connectivity index is 0.000000184. The van der Waals surface area contributed by atoms with Crippen LogP contribution in [-0.2, 0) is 67.5 Å². The van der Waals surface area contributed by atoms with Crippen LogP contribution in [0.4, 0.5) is 36.2 Å². The summed E-state index contributed by atoms with van der Waals surface area (Å²) in [5.74, 6) is 0.797. The molecular formula is C42H48F3N13O3. The summed E-state index contributed by atoms with van der Waals surface area (Å²) in [7, 11) is 3.74. The number of nitrogens with one attached hydrogen (secondary N) is 2. The third kappa shape index (κ3) is 10.3. The molecule has 0 fully saturated rings. The molecule has 4 N–H and O–H groups in total. The molecule has 2 aliphatic rings. The highest BCUT2D eigenvalue weighted by Crippen LogP contribution is 2.32. The molecule has 3 amide bonds. The summed E-state index contributed by atoms with van der Waals surface area (Å²) in [5.41, 5.74) is 14.6. The van der Waals surface area contributed by atoms with Gasteiger partial charge in [-0.25, -0.2) is 0 Å². The molecule has 8 rings (SSSR count). The summed E-state index contributed by atoms with van der Waals surface area (Å²) in [4.78, 5) is 38.4. The van der Waals surface area contributed by atoms with Gasteiger partial charge in [0.25, 0.3) is 0 Å². The van der Waals surface area contributed by atoms with Crippen molar-refractivity contribution < 1.29 is 27.6 Å². The third-order valence-corrected chi connectivity index (χ3v) is 10.7. The number of carbonyl (C=O) groups excluding carboxylic acids is 3. The quantitative estimate of drug-likeness (QED) is 0.148. The minimum Gasteiger partial charge on any atom is -0.370 e. The second-order valence-corrected chi connectivity index (χ2v) is 15.2. The van der Waals surface area contributed by atoms with E-state index in [2.05, 4.69) is 31.0 Å². The largest absolute Gasteiger partial charge is 0.390 e. The van der Waals surface area contributed by atoms with Gasteiger partial charge in [0.05, 0.1) is 38.4 Å². The highest BCUT2D eigenvalue weighted by molar-refractivity contribution is 5.76. The molecule has 4 aromatic heterocycles. The summed E-state index contributed by atoms with van der Waals surface area (Å²) in [6.07, 6.45) is 3.68. The van der Waals surface area contributed by atoms with Gasteiger partial charge in [0.2, 0.25) is 17.7 Å². The Bertz CT molecular complexity index is 2520. The van der Waals surface area contributed by atoms with Gasteiger partial charge in [0, 0.05) is 124 Å². The van der Waals surface area contributed by atoms with Crippen molar-refractivity contribution in [3.63, 3.8) is 0 Å². The Morgan fingerprint density at radius 1 is 0.672 bits per heavy atom. The monoisotopic (exact) mass is 839 g/mol. The van der Waals surface area contributed by atoms with Crippen LogP contribution in [0, 0.1) is 0 Å². The molecule has 0 saturated heterocycles. The molecule has 2 aromatic carbocycles. The Labute approximate surface area is 350 Å². The van der Waals surface area contributed by atoms with E-state index < -0.39 is 12.6 Å². The average Bonchev–Trinajstić information content (AvgIpc) is 4.02. The number of aryl methyl sites for hydroxylation is 4. The number of fused-ring (bicyclic) bond motifs is 2. The zero-order chi connectivity index (χ0) is 43.4. The number of hydrogen-bond acceptors (Lipinski definition) is 9. The fourth-order valence-electron chi connectivity index (χ4n) is 7.44. The van der Waals surface area contributed by atoms with Crippen molar-refractivity contribution in [2.24, 2.45) is 19.8 Å². The predicted octanol–water partition coefficient (Wildman–Crippen LogP) is 5.69. The van der Waals surface area contributed by atoms with Crippen LogP contribution in [0.15, 0.2) is 73.3 Å². The molecule has 0 radical (unpaired) electrons. The van der Waals surface area contributed by atoms with E-state index in [1.807, 2.05) is 85.9 Å². The molecule has 0 atom stereocenters. The van der Waals surface area contributed by atoms with E-state index in [-0.39, 0.29) is 30.7 Å². The molecule has 16 nitrogen and oxygen atoms in total. The van der Waals surface area contributed by atoms with Crippen LogP contribution in [0.2, 0.25) is 0 Å². The number of carbonyl (C=O) groups is 3. The van der Waals surface area contributed by atoms with Crippen molar-refractivity contribution in [1.82, 2.24) is 48.9 Å². The van der Waals surface area contributed by atoms with E-state index in [4.69, 9.17) is 5.73 Å². The highest BCUT2D eigenvalue weighted by atomic mass is 19.4. The number of rotatable bonds is 11. The molecule has 0 saturated carbocycles. The number of halogens is 3. The first-order valence-corrected chi connectivity index (χ1v) is 19.9. The van der Waals surface area contributed by atoms with Crippen molar-refractivity contribution >= 4 is 40.7 Å². The summed E-state index contributed by atoms with van der Waals surface area (Å²) < 4.78 is 45.0. The number of amides is 3. The van der Waals surface area contributed by atoms with Gasteiger partial charge >= 0.3 is 6.18 Å². The number of nitrogens with two attached hydrogens (primary N) is 1. The van der Waals surface area contributed by atoms with Gasteiger partial charge in [-0.3, -0.25) is 33.1 Å². The summed E-state index contributed by atoms with van der Waals surface area (Å²) in [6.45, 7) is 5.19. The normalized spacial score (nSPS) is 13.6. The van der Waals surface area contributed by atoms with Crippen molar-refractivity contribution in [3.05, 3.63) is 95.8 Å². The highest BCUT2D eigenvalue weighted by Gasteiger charge is 2.31. The Kier molecular flexibility index (Phi) is 12.3. The van der Waals surface area contributed by atoms with Crippen molar-refractivity contribution in [2.75, 3.05) is 23.7 Å². The molecule has 61 heavy (non-hydrogen) atoms. The maximum Gasteiger partial charge on any atom is 0.390 e. The van der Waals surface area contributed by atoms with Crippen LogP contribution in [-0.4, -0.2) is 85.9 Å². The Morgan fingerprint density at radius 3 is 1.46 bits per heavy atom. The number of aromatic nitrogens is 8. The van der Waals surface area contributed by atoms with E-state index in [1.165, 1.54) is 11.6 Å². The van der Waals surface area contributed by atoms with Gasteiger partial charge in [-0.15, -0.1) is 0 Å². The SMILES string of the molecule is CC(=O)N1CCc2c(c(Nc3ccc(-c4cnn(C)c4)cc3)nn2CCC(F)(F)F)C1.CC(=O)N1CCc2c(c(Nc3ccc(-c4cnn(C)c4)cc3)nn2CCC(N)=O)C1. The summed E-state index contributed by atoms with van der Waals surface area (Å²) in [6, 6.07) is 15.7. The predicted molar refractivity (Wildman–Crippen MR) is 222 cm³/mol. The van der Waals surface area contributed by atoms with Gasteiger partial charge in [-0.1, -0.05) is 24.3 Å². The third-order valence-electron chi connectivity index (χ3n) is 10.7. The Morgan fingerprint density at radius 2 is 1.10 bits per heavy atom.